The maximum absolute atomic E-state index is 4.41. The van der Waals surface area contributed by atoms with Gasteiger partial charge in [0.2, 0.25) is 0 Å². The van der Waals surface area contributed by atoms with Crippen LogP contribution in [0.3, 0.4) is 0 Å². The van der Waals surface area contributed by atoms with Gasteiger partial charge in [0, 0.05) is 17.5 Å². The second kappa shape index (κ2) is 3.83. The first kappa shape index (κ1) is 7.95. The molecule has 0 aliphatic carbocycles. The molecule has 0 radical (unpaired) electrons. The van der Waals surface area contributed by atoms with Crippen LogP contribution in [0.4, 0.5) is 0 Å². The van der Waals surface area contributed by atoms with Crippen molar-refractivity contribution in [1.82, 2.24) is 5.32 Å². The lowest BCUT2D eigenvalue weighted by Crippen LogP contribution is -2.10. The smallest absolute Gasteiger partial charge is 0.124 e. The summed E-state index contributed by atoms with van der Waals surface area (Å²) in [7, 11) is 0. The lowest BCUT2D eigenvalue weighted by Gasteiger charge is -2.05. The Hall–Kier alpha value is 0.330. The molecular weight excluding hydrogens is 176 g/mol. The summed E-state index contributed by atoms with van der Waals surface area (Å²) < 4.78 is 1.32. The summed E-state index contributed by atoms with van der Waals surface area (Å²) in [5.41, 5.74) is 0. The van der Waals surface area contributed by atoms with Gasteiger partial charge in [0.1, 0.15) is 4.38 Å². The predicted molar refractivity (Wildman–Crippen MR) is 53.6 cm³/mol. The Morgan fingerprint density at radius 1 is 1.64 bits per heavy atom. The largest absolute Gasteiger partial charge is 0.316 e. The van der Waals surface area contributed by atoms with Gasteiger partial charge in [-0.15, -0.1) is 0 Å². The zero-order chi connectivity index (χ0) is 7.52. The van der Waals surface area contributed by atoms with Crippen molar-refractivity contribution in [3.63, 3.8) is 0 Å². The van der Waals surface area contributed by atoms with Crippen LogP contribution in [-0.4, -0.2) is 35.0 Å². The van der Waals surface area contributed by atoms with E-state index in [1.807, 2.05) is 23.5 Å². The molecule has 62 valence electrons. The Morgan fingerprint density at radius 3 is 3.27 bits per heavy atom. The van der Waals surface area contributed by atoms with Crippen LogP contribution < -0.4 is 5.32 Å². The van der Waals surface area contributed by atoms with Crippen LogP contribution in [0.25, 0.3) is 0 Å². The van der Waals surface area contributed by atoms with Crippen molar-refractivity contribution in [2.45, 2.75) is 11.7 Å². The Bertz CT molecular complexity index is 164. The van der Waals surface area contributed by atoms with Gasteiger partial charge in [0.25, 0.3) is 0 Å². The molecule has 1 saturated heterocycles. The van der Waals surface area contributed by atoms with Gasteiger partial charge in [0.05, 0.1) is 6.54 Å². The maximum Gasteiger partial charge on any atom is 0.124 e. The van der Waals surface area contributed by atoms with Crippen molar-refractivity contribution in [3.8, 4) is 0 Å². The van der Waals surface area contributed by atoms with Crippen molar-refractivity contribution >= 4 is 27.9 Å². The lowest BCUT2D eigenvalue weighted by atomic mass is 10.4. The molecule has 2 nitrogen and oxygen atoms in total. The molecule has 2 heterocycles. The third-order valence-electron chi connectivity index (χ3n) is 1.84. The third kappa shape index (κ3) is 2.13. The molecule has 1 atom stereocenters. The molecule has 11 heavy (non-hydrogen) atoms. The topological polar surface area (TPSA) is 24.4 Å². The molecule has 0 unspecified atom stereocenters. The number of hydrogen-bond donors (Lipinski definition) is 1. The second-order valence-corrected chi connectivity index (χ2v) is 5.36. The SMILES string of the molecule is C1CSC(S[C@H]2CCNC2)=N1. The first-order chi connectivity index (χ1) is 5.45. The van der Waals surface area contributed by atoms with Crippen molar-refractivity contribution in [1.29, 1.82) is 0 Å². The highest BCUT2D eigenvalue weighted by molar-refractivity contribution is 8.39. The fraction of sp³-hybridized carbons (Fsp3) is 0.857. The van der Waals surface area contributed by atoms with E-state index < -0.39 is 0 Å². The normalized spacial score (nSPS) is 30.9. The highest BCUT2D eigenvalue weighted by Gasteiger charge is 2.19. The van der Waals surface area contributed by atoms with Crippen LogP contribution in [0.1, 0.15) is 6.42 Å². The van der Waals surface area contributed by atoms with Crippen LogP contribution in [0.2, 0.25) is 0 Å². The molecule has 2 aliphatic rings. The van der Waals surface area contributed by atoms with E-state index in [9.17, 15) is 0 Å². The van der Waals surface area contributed by atoms with Crippen molar-refractivity contribution in [3.05, 3.63) is 0 Å². The molecule has 0 saturated carbocycles. The molecule has 4 heteroatoms. The van der Waals surface area contributed by atoms with Crippen molar-refractivity contribution in [2.75, 3.05) is 25.4 Å². The van der Waals surface area contributed by atoms with Crippen LogP contribution in [0, 0.1) is 0 Å². The molecule has 1 N–H and O–H groups in total. The Balaban J connectivity index is 1.79. The lowest BCUT2D eigenvalue weighted by molar-refractivity contribution is 0.859. The van der Waals surface area contributed by atoms with E-state index in [0.29, 0.717) is 0 Å². The molecular formula is C7H12N2S2. The molecule has 0 aromatic carbocycles. The van der Waals surface area contributed by atoms with Gasteiger partial charge in [-0.1, -0.05) is 23.5 Å². The molecule has 0 spiro atoms. The number of thioether (sulfide) groups is 2. The van der Waals surface area contributed by atoms with Gasteiger partial charge in [-0.3, -0.25) is 4.99 Å². The van der Waals surface area contributed by atoms with Crippen molar-refractivity contribution in [2.24, 2.45) is 4.99 Å². The predicted octanol–water partition coefficient (Wildman–Crippen LogP) is 1.18. The highest BCUT2D eigenvalue weighted by Crippen LogP contribution is 2.28. The number of aliphatic imine (C=N–C) groups is 1. The fourth-order valence-corrected chi connectivity index (χ4v) is 3.62. The fourth-order valence-electron chi connectivity index (χ4n) is 1.26. The number of nitrogens with zero attached hydrogens (tertiary/aromatic N) is 1. The van der Waals surface area contributed by atoms with Crippen molar-refractivity contribution < 1.29 is 0 Å². The van der Waals surface area contributed by atoms with Gasteiger partial charge in [-0.2, -0.15) is 0 Å². The van der Waals surface area contributed by atoms with Crippen LogP contribution in [0.5, 0.6) is 0 Å². The summed E-state index contributed by atoms with van der Waals surface area (Å²) in [5, 5.41) is 4.15. The summed E-state index contributed by atoms with van der Waals surface area (Å²) in [5.74, 6) is 1.20. The summed E-state index contributed by atoms with van der Waals surface area (Å²) >= 11 is 3.88. The first-order valence-corrected chi connectivity index (χ1v) is 5.86. The van der Waals surface area contributed by atoms with Crippen LogP contribution in [0.15, 0.2) is 4.99 Å². The summed E-state index contributed by atoms with van der Waals surface area (Å²) in [6, 6.07) is 0. The zero-order valence-electron chi connectivity index (χ0n) is 6.38. The summed E-state index contributed by atoms with van der Waals surface area (Å²) in [6.07, 6.45) is 1.31. The molecule has 2 aliphatic heterocycles. The van der Waals surface area contributed by atoms with E-state index in [1.165, 1.54) is 29.6 Å². The molecule has 1 fully saturated rings. The van der Waals surface area contributed by atoms with Gasteiger partial charge in [-0.05, 0) is 13.0 Å². The first-order valence-electron chi connectivity index (χ1n) is 4.00. The molecule has 0 bridgehead atoms. The quantitative estimate of drug-likeness (QED) is 0.669. The van der Waals surface area contributed by atoms with Gasteiger partial charge in [-0.25, -0.2) is 0 Å². The number of nitrogens with one attached hydrogen (secondary N) is 1. The zero-order valence-corrected chi connectivity index (χ0v) is 8.01. The average molecular weight is 188 g/mol. The van der Waals surface area contributed by atoms with E-state index in [4.69, 9.17) is 0 Å². The van der Waals surface area contributed by atoms with Gasteiger partial charge < -0.3 is 5.32 Å². The van der Waals surface area contributed by atoms with Gasteiger partial charge in [0.15, 0.2) is 0 Å². The Kier molecular flexibility index (Phi) is 2.77. The average Bonchev–Trinajstić information content (AvgIpc) is 2.60. The molecule has 0 aromatic heterocycles. The Labute approximate surface area is 75.6 Å². The molecule has 0 amide bonds. The van der Waals surface area contributed by atoms with E-state index in [2.05, 4.69) is 10.3 Å². The minimum Gasteiger partial charge on any atom is -0.316 e. The molecule has 2 rings (SSSR count). The van der Waals surface area contributed by atoms with E-state index in [0.717, 1.165) is 11.8 Å². The minimum absolute atomic E-state index is 0.791. The van der Waals surface area contributed by atoms with E-state index in [1.54, 1.807) is 0 Å². The van der Waals surface area contributed by atoms with Crippen LogP contribution >= 0.6 is 23.5 Å². The molecule has 0 aromatic rings. The summed E-state index contributed by atoms with van der Waals surface area (Å²) in [6.45, 7) is 3.40. The maximum atomic E-state index is 4.41. The van der Waals surface area contributed by atoms with E-state index in [-0.39, 0.29) is 0 Å². The van der Waals surface area contributed by atoms with Gasteiger partial charge >= 0.3 is 0 Å². The van der Waals surface area contributed by atoms with Crippen LogP contribution in [-0.2, 0) is 0 Å². The summed E-state index contributed by atoms with van der Waals surface area (Å²) in [4.78, 5) is 4.41. The number of hydrogen-bond acceptors (Lipinski definition) is 4. The Morgan fingerprint density at radius 2 is 2.64 bits per heavy atom. The monoisotopic (exact) mass is 188 g/mol. The minimum atomic E-state index is 0.791. The standard InChI is InChI=1S/C7H12N2S2/c1-2-8-5-6(1)11-7-9-3-4-10-7/h6,8H,1-5H2/t6-/m0/s1. The second-order valence-electron chi connectivity index (χ2n) is 2.73. The third-order valence-corrected chi connectivity index (χ3v) is 4.31. The highest BCUT2D eigenvalue weighted by atomic mass is 32.2. The number of rotatable bonds is 1. The van der Waals surface area contributed by atoms with E-state index >= 15 is 0 Å².